The molecule has 0 saturated carbocycles. The molecule has 8 nitrogen and oxygen atoms in total. The average molecular weight is 393 g/mol. The first kappa shape index (κ1) is 22.0. The molecular weight excluding hydrogens is 362 g/mol. The number of aliphatic hydroxyl groups is 1. The van der Waals surface area contributed by atoms with Crippen molar-refractivity contribution in [1.29, 1.82) is 0 Å². The minimum absolute atomic E-state index is 0.0847. The Morgan fingerprint density at radius 3 is 2.86 bits per heavy atom. The number of hydrogen-bond donors (Lipinski definition) is 3. The van der Waals surface area contributed by atoms with E-state index in [2.05, 4.69) is 10.6 Å². The summed E-state index contributed by atoms with van der Waals surface area (Å²) in [6.45, 7) is 7.47. The Bertz CT molecular complexity index is 665. The Morgan fingerprint density at radius 2 is 2.18 bits per heavy atom. The summed E-state index contributed by atoms with van der Waals surface area (Å²) in [5.74, 6) is -0.454. The lowest BCUT2D eigenvalue weighted by Gasteiger charge is -2.29. The highest BCUT2D eigenvalue weighted by molar-refractivity contribution is 5.80. The van der Waals surface area contributed by atoms with Gasteiger partial charge in [-0.25, -0.2) is 4.79 Å². The molecule has 0 aliphatic carbocycles. The van der Waals surface area contributed by atoms with Gasteiger partial charge in [0.05, 0.1) is 25.4 Å². The lowest BCUT2D eigenvalue weighted by Crippen LogP contribution is -2.41. The number of carbonyl (C=O) groups excluding carboxylic acids is 2. The number of anilines is 1. The van der Waals surface area contributed by atoms with E-state index in [1.54, 1.807) is 18.7 Å². The third-order valence-corrected chi connectivity index (χ3v) is 4.46. The molecule has 0 bridgehead atoms. The second-order valence-electron chi connectivity index (χ2n) is 6.79. The highest BCUT2D eigenvalue weighted by atomic mass is 16.5. The van der Waals surface area contributed by atoms with Gasteiger partial charge in [-0.2, -0.15) is 0 Å². The van der Waals surface area contributed by atoms with E-state index in [1.165, 1.54) is 0 Å². The molecule has 1 aliphatic rings. The number of hydrogen-bond acceptors (Lipinski definition) is 6. The SMILES string of the molecule is CCOC(=O)CNC(=O)N(CC)Cc1ccc2c(c1)[C@@H](OC[C@H](C)O)CCN2. The van der Waals surface area contributed by atoms with Gasteiger partial charge in [0.25, 0.3) is 0 Å². The molecule has 3 N–H and O–H groups in total. The number of ether oxygens (including phenoxy) is 2. The molecule has 2 rings (SSSR count). The van der Waals surface area contributed by atoms with E-state index >= 15 is 0 Å². The number of urea groups is 1. The Labute approximate surface area is 166 Å². The smallest absolute Gasteiger partial charge is 0.325 e. The predicted octanol–water partition coefficient (Wildman–Crippen LogP) is 2.04. The minimum atomic E-state index is -0.514. The number of aliphatic hydroxyl groups excluding tert-OH is 1. The summed E-state index contributed by atoms with van der Waals surface area (Å²) in [5.41, 5.74) is 3.02. The quantitative estimate of drug-likeness (QED) is 0.555. The summed E-state index contributed by atoms with van der Waals surface area (Å²) in [5, 5.41) is 15.4. The van der Waals surface area contributed by atoms with Gasteiger partial charge >= 0.3 is 12.0 Å². The maximum atomic E-state index is 12.4. The zero-order chi connectivity index (χ0) is 20.5. The lowest BCUT2D eigenvalue weighted by atomic mass is 9.97. The summed E-state index contributed by atoms with van der Waals surface area (Å²) in [6.07, 6.45) is 0.222. The van der Waals surface area contributed by atoms with Crippen molar-refractivity contribution in [3.63, 3.8) is 0 Å². The molecule has 0 unspecified atom stereocenters. The van der Waals surface area contributed by atoms with Crippen molar-refractivity contribution in [2.75, 3.05) is 38.2 Å². The molecule has 1 heterocycles. The van der Waals surface area contributed by atoms with Gasteiger partial charge in [0.2, 0.25) is 0 Å². The second-order valence-corrected chi connectivity index (χ2v) is 6.79. The summed E-state index contributed by atoms with van der Waals surface area (Å²) in [7, 11) is 0. The van der Waals surface area contributed by atoms with Gasteiger partial charge in [-0.05, 0) is 44.9 Å². The van der Waals surface area contributed by atoms with Gasteiger partial charge < -0.3 is 30.1 Å². The number of nitrogens with zero attached hydrogens (tertiary/aromatic N) is 1. The van der Waals surface area contributed by atoms with Crippen molar-refractivity contribution in [1.82, 2.24) is 10.2 Å². The highest BCUT2D eigenvalue weighted by Crippen LogP contribution is 2.33. The number of amides is 2. The van der Waals surface area contributed by atoms with Crippen LogP contribution in [0.15, 0.2) is 18.2 Å². The van der Waals surface area contributed by atoms with Crippen molar-refractivity contribution < 1.29 is 24.2 Å². The van der Waals surface area contributed by atoms with Crippen molar-refractivity contribution in [2.45, 2.75) is 45.9 Å². The van der Waals surface area contributed by atoms with E-state index < -0.39 is 12.1 Å². The Kier molecular flexibility index (Phi) is 8.53. The molecule has 1 aliphatic heterocycles. The van der Waals surface area contributed by atoms with E-state index in [1.807, 2.05) is 25.1 Å². The monoisotopic (exact) mass is 393 g/mol. The van der Waals surface area contributed by atoms with Crippen molar-refractivity contribution in [2.24, 2.45) is 0 Å². The maximum Gasteiger partial charge on any atom is 0.325 e. The number of nitrogens with one attached hydrogen (secondary N) is 2. The number of carbonyl (C=O) groups is 2. The van der Waals surface area contributed by atoms with E-state index in [9.17, 15) is 14.7 Å². The van der Waals surface area contributed by atoms with Crippen LogP contribution in [0, 0.1) is 0 Å². The van der Waals surface area contributed by atoms with E-state index in [-0.39, 0.29) is 31.9 Å². The fourth-order valence-electron chi connectivity index (χ4n) is 3.08. The highest BCUT2D eigenvalue weighted by Gasteiger charge is 2.22. The second kappa shape index (κ2) is 10.9. The summed E-state index contributed by atoms with van der Waals surface area (Å²) in [6, 6.07) is 5.69. The molecule has 1 aromatic rings. The molecule has 0 fully saturated rings. The average Bonchev–Trinajstić information content (AvgIpc) is 2.68. The van der Waals surface area contributed by atoms with E-state index in [0.29, 0.717) is 13.1 Å². The Balaban J connectivity index is 2.03. The normalized spacial score (nSPS) is 16.5. The van der Waals surface area contributed by atoms with Crippen LogP contribution in [-0.2, 0) is 20.8 Å². The first-order valence-electron chi connectivity index (χ1n) is 9.79. The van der Waals surface area contributed by atoms with Crippen LogP contribution in [-0.4, -0.2) is 61.0 Å². The fraction of sp³-hybridized carbons (Fsp3) is 0.600. The Hall–Kier alpha value is -2.32. The number of esters is 1. The maximum absolute atomic E-state index is 12.4. The van der Waals surface area contributed by atoms with Crippen molar-refractivity contribution >= 4 is 17.7 Å². The first-order valence-corrected chi connectivity index (χ1v) is 9.79. The van der Waals surface area contributed by atoms with Crippen molar-refractivity contribution in [3.05, 3.63) is 29.3 Å². The van der Waals surface area contributed by atoms with Crippen LogP contribution in [0.1, 0.15) is 44.4 Å². The number of benzene rings is 1. The fourth-order valence-corrected chi connectivity index (χ4v) is 3.08. The molecule has 0 saturated heterocycles. The molecule has 2 atom stereocenters. The summed E-state index contributed by atoms with van der Waals surface area (Å²) < 4.78 is 10.7. The summed E-state index contributed by atoms with van der Waals surface area (Å²) in [4.78, 5) is 25.4. The van der Waals surface area contributed by atoms with Gasteiger partial charge in [0, 0.05) is 30.9 Å². The molecule has 2 amide bonds. The zero-order valence-corrected chi connectivity index (χ0v) is 16.9. The molecule has 28 heavy (non-hydrogen) atoms. The van der Waals surface area contributed by atoms with Gasteiger partial charge in [-0.15, -0.1) is 0 Å². The molecular formula is C20H31N3O5. The Morgan fingerprint density at radius 1 is 1.39 bits per heavy atom. The molecule has 156 valence electrons. The topological polar surface area (TPSA) is 100 Å². The van der Waals surface area contributed by atoms with Crippen LogP contribution in [0.4, 0.5) is 10.5 Å². The zero-order valence-electron chi connectivity index (χ0n) is 16.9. The first-order chi connectivity index (χ1) is 13.4. The van der Waals surface area contributed by atoms with Gasteiger partial charge in [0.1, 0.15) is 6.54 Å². The number of rotatable bonds is 9. The molecule has 0 spiro atoms. The largest absolute Gasteiger partial charge is 0.465 e. The van der Waals surface area contributed by atoms with Crippen LogP contribution in [0.5, 0.6) is 0 Å². The van der Waals surface area contributed by atoms with Crippen molar-refractivity contribution in [3.8, 4) is 0 Å². The molecule has 0 radical (unpaired) electrons. The minimum Gasteiger partial charge on any atom is -0.465 e. The third-order valence-electron chi connectivity index (χ3n) is 4.46. The third kappa shape index (κ3) is 6.38. The lowest BCUT2D eigenvalue weighted by molar-refractivity contribution is -0.141. The number of fused-ring (bicyclic) bond motifs is 1. The molecule has 8 heteroatoms. The van der Waals surface area contributed by atoms with Gasteiger partial charge in [-0.1, -0.05) is 6.07 Å². The van der Waals surface area contributed by atoms with Crippen LogP contribution >= 0.6 is 0 Å². The van der Waals surface area contributed by atoms with Crippen LogP contribution < -0.4 is 10.6 Å². The molecule has 0 aromatic heterocycles. The standard InChI is InChI=1S/C20H31N3O5/c1-4-23(20(26)22-11-19(25)27-5-2)12-15-6-7-17-16(10-15)18(8-9-21-17)28-13-14(3)24/h6-7,10,14,18,21,24H,4-5,8-9,11-13H2,1-3H3,(H,22,26)/t14-,18-/m0/s1. The summed E-state index contributed by atoms with van der Waals surface area (Å²) >= 11 is 0. The van der Waals surface area contributed by atoms with Gasteiger partial charge in [-0.3, -0.25) is 4.79 Å². The predicted molar refractivity (Wildman–Crippen MR) is 106 cm³/mol. The van der Waals surface area contributed by atoms with E-state index in [0.717, 1.165) is 29.8 Å². The van der Waals surface area contributed by atoms with E-state index in [4.69, 9.17) is 9.47 Å². The molecule has 1 aromatic carbocycles. The van der Waals surface area contributed by atoms with Gasteiger partial charge in [0.15, 0.2) is 0 Å². The van der Waals surface area contributed by atoms with Crippen LogP contribution in [0.2, 0.25) is 0 Å². The van der Waals surface area contributed by atoms with Crippen LogP contribution in [0.3, 0.4) is 0 Å². The van der Waals surface area contributed by atoms with Crippen LogP contribution in [0.25, 0.3) is 0 Å².